The Morgan fingerprint density at radius 2 is 1.77 bits per heavy atom. The first-order chi connectivity index (χ1) is 14.7. The molecule has 1 N–H and O–H groups in total. The highest BCUT2D eigenvalue weighted by Crippen LogP contribution is 2.28. The monoisotopic (exact) mass is 438 g/mol. The molecular weight excluding hydrogens is 408 g/mol. The van der Waals surface area contributed by atoms with Gasteiger partial charge in [0.25, 0.3) is 0 Å². The number of carbonyl (C=O) groups is 1. The zero-order valence-corrected chi connectivity index (χ0v) is 19.8. The van der Waals surface area contributed by atoms with Gasteiger partial charge in [-0.15, -0.1) is 10.2 Å². The SMILES string of the molecule is Cc1cc(C)cc(NC(=O)CSc2nnc(COc3cc(C)ccc3C(C)C)n2C)c1. The number of hydrogen-bond donors (Lipinski definition) is 1. The Hall–Kier alpha value is -2.80. The van der Waals surface area contributed by atoms with Gasteiger partial charge in [-0.2, -0.15) is 0 Å². The number of nitrogens with zero attached hydrogens (tertiary/aromatic N) is 3. The minimum atomic E-state index is -0.0721. The van der Waals surface area contributed by atoms with Gasteiger partial charge >= 0.3 is 0 Å². The van der Waals surface area contributed by atoms with E-state index >= 15 is 0 Å². The zero-order valence-electron chi connectivity index (χ0n) is 19.0. The zero-order chi connectivity index (χ0) is 22.5. The highest BCUT2D eigenvalue weighted by Gasteiger charge is 2.14. The predicted octanol–water partition coefficient (Wildman–Crippen LogP) is 5.17. The van der Waals surface area contributed by atoms with E-state index in [1.165, 1.54) is 17.3 Å². The molecule has 7 heteroatoms. The Morgan fingerprint density at radius 3 is 2.45 bits per heavy atom. The molecule has 2 aromatic carbocycles. The van der Waals surface area contributed by atoms with Crippen molar-refractivity contribution in [3.8, 4) is 5.75 Å². The van der Waals surface area contributed by atoms with E-state index in [4.69, 9.17) is 4.74 Å². The average Bonchev–Trinajstić information content (AvgIpc) is 3.03. The van der Waals surface area contributed by atoms with Crippen molar-refractivity contribution in [1.29, 1.82) is 0 Å². The van der Waals surface area contributed by atoms with Gasteiger partial charge in [0.1, 0.15) is 12.4 Å². The molecule has 1 aromatic heterocycles. The first-order valence-electron chi connectivity index (χ1n) is 10.4. The Kier molecular flexibility index (Phi) is 7.38. The highest BCUT2D eigenvalue weighted by atomic mass is 32.2. The van der Waals surface area contributed by atoms with Crippen molar-refractivity contribution < 1.29 is 9.53 Å². The van der Waals surface area contributed by atoms with Gasteiger partial charge in [0.05, 0.1) is 5.75 Å². The highest BCUT2D eigenvalue weighted by molar-refractivity contribution is 7.99. The molecule has 3 aromatic rings. The fraction of sp³-hybridized carbons (Fsp3) is 0.375. The number of anilines is 1. The van der Waals surface area contributed by atoms with Crippen molar-refractivity contribution in [3.63, 3.8) is 0 Å². The second-order valence-electron chi connectivity index (χ2n) is 8.16. The molecule has 3 rings (SSSR count). The molecule has 0 aliphatic rings. The van der Waals surface area contributed by atoms with Crippen LogP contribution in [0.3, 0.4) is 0 Å². The number of aryl methyl sites for hydroxylation is 3. The maximum absolute atomic E-state index is 12.4. The van der Waals surface area contributed by atoms with Gasteiger partial charge in [0.15, 0.2) is 11.0 Å². The fourth-order valence-corrected chi connectivity index (χ4v) is 4.09. The standard InChI is InChI=1S/C24H30N4O2S/c1-15(2)20-8-7-16(3)12-21(20)30-13-22-26-27-24(28(22)6)31-14-23(29)25-19-10-17(4)9-18(5)11-19/h7-12,15H,13-14H2,1-6H3,(H,25,29). The Labute approximate surface area is 188 Å². The van der Waals surface area contributed by atoms with Crippen LogP contribution in [0.1, 0.15) is 47.8 Å². The van der Waals surface area contributed by atoms with E-state index in [9.17, 15) is 4.79 Å². The van der Waals surface area contributed by atoms with Crippen molar-refractivity contribution >= 4 is 23.4 Å². The number of benzene rings is 2. The van der Waals surface area contributed by atoms with E-state index in [1.54, 1.807) is 0 Å². The summed E-state index contributed by atoms with van der Waals surface area (Å²) in [7, 11) is 1.89. The second-order valence-corrected chi connectivity index (χ2v) is 9.10. The van der Waals surface area contributed by atoms with E-state index < -0.39 is 0 Å². The van der Waals surface area contributed by atoms with Gasteiger partial charge < -0.3 is 14.6 Å². The Morgan fingerprint density at radius 1 is 1.06 bits per heavy atom. The number of carbonyl (C=O) groups excluding carboxylic acids is 1. The number of thioether (sulfide) groups is 1. The first kappa shape index (κ1) is 22.9. The molecule has 164 valence electrons. The summed E-state index contributed by atoms with van der Waals surface area (Å²) in [6, 6.07) is 12.3. The van der Waals surface area contributed by atoms with Crippen LogP contribution in [0, 0.1) is 20.8 Å². The number of rotatable bonds is 8. The lowest BCUT2D eigenvalue weighted by Gasteiger charge is -2.14. The normalized spacial score (nSPS) is 11.1. The lowest BCUT2D eigenvalue weighted by atomic mass is 10.0. The van der Waals surface area contributed by atoms with E-state index in [1.807, 2.05) is 37.6 Å². The molecule has 31 heavy (non-hydrogen) atoms. The summed E-state index contributed by atoms with van der Waals surface area (Å²) in [5, 5.41) is 12.1. The van der Waals surface area contributed by atoms with Gasteiger partial charge in [-0.3, -0.25) is 4.79 Å². The van der Waals surface area contributed by atoms with E-state index in [0.717, 1.165) is 28.1 Å². The molecule has 0 radical (unpaired) electrons. The van der Waals surface area contributed by atoms with Crippen LogP contribution in [0.25, 0.3) is 0 Å². The third-order valence-electron chi connectivity index (χ3n) is 4.91. The van der Waals surface area contributed by atoms with Crippen molar-refractivity contribution in [1.82, 2.24) is 14.8 Å². The Bertz CT molecular complexity index is 1060. The number of nitrogens with one attached hydrogen (secondary N) is 1. The summed E-state index contributed by atoms with van der Waals surface area (Å²) in [5.41, 5.74) is 5.38. The van der Waals surface area contributed by atoms with Gasteiger partial charge in [0, 0.05) is 12.7 Å². The van der Waals surface area contributed by atoms with E-state index in [-0.39, 0.29) is 11.7 Å². The summed E-state index contributed by atoms with van der Waals surface area (Å²) >= 11 is 1.36. The van der Waals surface area contributed by atoms with Crippen LogP contribution in [-0.2, 0) is 18.4 Å². The van der Waals surface area contributed by atoms with Crippen molar-refractivity contribution in [2.45, 2.75) is 52.3 Å². The average molecular weight is 439 g/mol. The molecule has 0 saturated heterocycles. The second kappa shape index (κ2) is 10.0. The molecule has 0 atom stereocenters. The number of amides is 1. The topological polar surface area (TPSA) is 69.0 Å². The molecule has 0 aliphatic carbocycles. The summed E-state index contributed by atoms with van der Waals surface area (Å²) < 4.78 is 7.95. The van der Waals surface area contributed by atoms with Crippen LogP contribution in [0.5, 0.6) is 5.75 Å². The van der Waals surface area contributed by atoms with Crippen molar-refractivity contribution in [2.75, 3.05) is 11.1 Å². The number of aromatic nitrogens is 3. The molecule has 0 aliphatic heterocycles. The predicted molar refractivity (Wildman–Crippen MR) is 126 cm³/mol. The molecule has 0 bridgehead atoms. The maximum Gasteiger partial charge on any atom is 0.234 e. The number of ether oxygens (including phenoxy) is 1. The van der Waals surface area contributed by atoms with Crippen molar-refractivity contribution in [2.24, 2.45) is 7.05 Å². The van der Waals surface area contributed by atoms with Crippen LogP contribution in [-0.4, -0.2) is 26.4 Å². The molecular formula is C24H30N4O2S. The van der Waals surface area contributed by atoms with Crippen LogP contribution >= 0.6 is 11.8 Å². The van der Waals surface area contributed by atoms with E-state index in [0.29, 0.717) is 23.5 Å². The maximum atomic E-state index is 12.4. The van der Waals surface area contributed by atoms with Gasteiger partial charge in [-0.25, -0.2) is 0 Å². The lowest BCUT2D eigenvalue weighted by molar-refractivity contribution is -0.113. The summed E-state index contributed by atoms with van der Waals surface area (Å²) in [6.45, 7) is 10.7. The fourth-order valence-electron chi connectivity index (χ4n) is 3.36. The molecule has 6 nitrogen and oxygen atoms in total. The third-order valence-corrected chi connectivity index (χ3v) is 5.93. The van der Waals surface area contributed by atoms with Gasteiger partial charge in [-0.05, 0) is 67.1 Å². The molecule has 0 fully saturated rings. The molecule has 0 saturated carbocycles. The van der Waals surface area contributed by atoms with Gasteiger partial charge in [-0.1, -0.05) is 43.8 Å². The molecule has 0 spiro atoms. The van der Waals surface area contributed by atoms with E-state index in [2.05, 4.69) is 60.6 Å². The van der Waals surface area contributed by atoms with Crippen LogP contribution in [0.2, 0.25) is 0 Å². The smallest absolute Gasteiger partial charge is 0.234 e. The number of hydrogen-bond acceptors (Lipinski definition) is 5. The summed E-state index contributed by atoms with van der Waals surface area (Å²) in [6.07, 6.45) is 0. The summed E-state index contributed by atoms with van der Waals surface area (Å²) in [5.74, 6) is 2.15. The quantitative estimate of drug-likeness (QED) is 0.491. The minimum absolute atomic E-state index is 0.0721. The van der Waals surface area contributed by atoms with Crippen molar-refractivity contribution in [3.05, 3.63) is 64.5 Å². The molecule has 0 unspecified atom stereocenters. The Balaban J connectivity index is 1.59. The third kappa shape index (κ3) is 6.10. The van der Waals surface area contributed by atoms with Crippen LogP contribution in [0.4, 0.5) is 5.69 Å². The first-order valence-corrected chi connectivity index (χ1v) is 11.3. The molecule has 1 amide bonds. The molecule has 1 heterocycles. The van der Waals surface area contributed by atoms with Crippen LogP contribution in [0.15, 0.2) is 41.6 Å². The van der Waals surface area contributed by atoms with Gasteiger partial charge in [0.2, 0.25) is 5.91 Å². The lowest BCUT2D eigenvalue weighted by Crippen LogP contribution is -2.14. The van der Waals surface area contributed by atoms with Crippen LogP contribution < -0.4 is 10.1 Å². The minimum Gasteiger partial charge on any atom is -0.485 e. The largest absolute Gasteiger partial charge is 0.485 e. The summed E-state index contributed by atoms with van der Waals surface area (Å²) in [4.78, 5) is 12.4.